The first kappa shape index (κ1) is 11.5. The number of nitrogens with two attached hydrogens (primary N) is 1. The Hall–Kier alpha value is -1.58. The van der Waals surface area contributed by atoms with Gasteiger partial charge in [-0.05, 0) is 36.4 Å². The first-order valence-electron chi connectivity index (χ1n) is 5.89. The molecule has 3 rings (SSSR count). The number of nitrogens with zero attached hydrogens (tertiary/aromatic N) is 1. The summed E-state index contributed by atoms with van der Waals surface area (Å²) in [5, 5.41) is 0.664. The van der Waals surface area contributed by atoms with E-state index < -0.39 is 0 Å². The summed E-state index contributed by atoms with van der Waals surface area (Å²) < 4.78 is 5.91. The third-order valence-electron chi connectivity index (χ3n) is 3.21. The van der Waals surface area contributed by atoms with Crippen LogP contribution in [0.25, 0.3) is 0 Å². The van der Waals surface area contributed by atoms with Crippen LogP contribution in [0, 0.1) is 0 Å². The van der Waals surface area contributed by atoms with E-state index in [4.69, 9.17) is 22.1 Å². The summed E-state index contributed by atoms with van der Waals surface area (Å²) in [4.78, 5) is 4.37. The highest BCUT2D eigenvalue weighted by Gasteiger charge is 2.23. The average Bonchev–Trinajstić information content (AvgIpc) is 2.53. The van der Waals surface area contributed by atoms with Crippen molar-refractivity contribution in [3.05, 3.63) is 52.8 Å². The van der Waals surface area contributed by atoms with E-state index in [1.165, 1.54) is 0 Å². The Morgan fingerprint density at radius 1 is 1.33 bits per heavy atom. The molecule has 0 fully saturated rings. The molecule has 1 aromatic carbocycles. The van der Waals surface area contributed by atoms with Crippen LogP contribution in [-0.4, -0.2) is 11.5 Å². The van der Waals surface area contributed by atoms with Gasteiger partial charge in [0.25, 0.3) is 0 Å². The Morgan fingerprint density at radius 2 is 2.22 bits per heavy atom. The van der Waals surface area contributed by atoms with Gasteiger partial charge in [-0.3, -0.25) is 4.98 Å². The predicted molar refractivity (Wildman–Crippen MR) is 71.3 cm³/mol. The quantitative estimate of drug-likeness (QED) is 0.857. The van der Waals surface area contributed by atoms with Gasteiger partial charge >= 0.3 is 0 Å². The third kappa shape index (κ3) is 1.96. The maximum absolute atomic E-state index is 6.02. The van der Waals surface area contributed by atoms with Crippen LogP contribution in [0.4, 0.5) is 0 Å². The summed E-state index contributed by atoms with van der Waals surface area (Å²) in [5.41, 5.74) is 7.91. The fraction of sp³-hybridized carbons (Fsp3) is 0.214. The molecular formula is C14H13ClN2O. The molecule has 2 N–H and O–H groups in total. The number of ether oxygens (including phenoxy) is 1. The maximum Gasteiger partial charge on any atom is 0.148 e. The second-order valence-electron chi connectivity index (χ2n) is 4.37. The maximum atomic E-state index is 6.02. The van der Waals surface area contributed by atoms with Gasteiger partial charge in [-0.25, -0.2) is 0 Å². The molecule has 1 aliphatic rings. The van der Waals surface area contributed by atoms with Crippen LogP contribution in [0.2, 0.25) is 5.02 Å². The molecule has 4 heteroatoms. The van der Waals surface area contributed by atoms with E-state index in [1.807, 2.05) is 30.3 Å². The van der Waals surface area contributed by atoms with E-state index in [1.54, 1.807) is 6.20 Å². The molecule has 0 amide bonds. The highest BCUT2D eigenvalue weighted by molar-refractivity contribution is 6.30. The molecule has 0 spiro atoms. The molecule has 92 valence electrons. The van der Waals surface area contributed by atoms with Gasteiger partial charge in [0.1, 0.15) is 11.5 Å². The van der Waals surface area contributed by atoms with E-state index in [2.05, 4.69) is 4.98 Å². The van der Waals surface area contributed by atoms with Crippen LogP contribution in [-0.2, 0) is 6.42 Å². The van der Waals surface area contributed by atoms with Gasteiger partial charge in [0.15, 0.2) is 0 Å². The largest absolute Gasteiger partial charge is 0.455 e. The Morgan fingerprint density at radius 3 is 3.06 bits per heavy atom. The summed E-state index contributed by atoms with van der Waals surface area (Å²) >= 11 is 6.02. The second-order valence-corrected chi connectivity index (χ2v) is 4.81. The summed E-state index contributed by atoms with van der Waals surface area (Å²) in [6.07, 6.45) is 2.57. The zero-order chi connectivity index (χ0) is 12.5. The van der Waals surface area contributed by atoms with E-state index >= 15 is 0 Å². The normalized spacial score (nSPS) is 17.3. The molecule has 2 heterocycles. The standard InChI is InChI=1S/C14H13ClN2O/c15-10-3-4-11-9(8-16)6-12-13(2-1-5-17-12)18-14(11)7-10/h1-5,7,9H,6,8,16H2. The molecule has 0 saturated carbocycles. The van der Waals surface area contributed by atoms with Gasteiger partial charge in [0.2, 0.25) is 0 Å². The van der Waals surface area contributed by atoms with E-state index in [0.717, 1.165) is 29.2 Å². The minimum atomic E-state index is 0.216. The minimum Gasteiger partial charge on any atom is -0.455 e. The Labute approximate surface area is 111 Å². The number of aromatic nitrogens is 1. The lowest BCUT2D eigenvalue weighted by Gasteiger charge is -2.14. The molecule has 1 aliphatic heterocycles. The molecule has 0 aliphatic carbocycles. The molecule has 3 nitrogen and oxygen atoms in total. The van der Waals surface area contributed by atoms with Crippen molar-refractivity contribution in [3.63, 3.8) is 0 Å². The van der Waals surface area contributed by atoms with Gasteiger partial charge in [-0.2, -0.15) is 0 Å². The zero-order valence-corrected chi connectivity index (χ0v) is 10.5. The first-order valence-corrected chi connectivity index (χ1v) is 6.27. The lowest BCUT2D eigenvalue weighted by atomic mass is 9.94. The molecule has 18 heavy (non-hydrogen) atoms. The smallest absolute Gasteiger partial charge is 0.148 e. The second kappa shape index (κ2) is 4.59. The number of hydrogen-bond acceptors (Lipinski definition) is 3. The monoisotopic (exact) mass is 260 g/mol. The summed E-state index contributed by atoms with van der Waals surface area (Å²) in [6.45, 7) is 0.563. The lowest BCUT2D eigenvalue weighted by Crippen LogP contribution is -2.14. The van der Waals surface area contributed by atoms with Crippen LogP contribution in [0.3, 0.4) is 0 Å². The van der Waals surface area contributed by atoms with Crippen molar-refractivity contribution in [1.82, 2.24) is 4.98 Å². The van der Waals surface area contributed by atoms with Gasteiger partial charge in [0.05, 0.1) is 5.69 Å². The fourth-order valence-corrected chi connectivity index (χ4v) is 2.44. The number of hydrogen-bond donors (Lipinski definition) is 1. The highest BCUT2D eigenvalue weighted by Crippen LogP contribution is 2.39. The van der Waals surface area contributed by atoms with Crippen LogP contribution in [0.5, 0.6) is 11.5 Å². The summed E-state index contributed by atoms with van der Waals surface area (Å²) in [7, 11) is 0. The molecule has 1 aromatic heterocycles. The van der Waals surface area contributed by atoms with Crippen molar-refractivity contribution in [2.24, 2.45) is 5.73 Å². The van der Waals surface area contributed by atoms with Gasteiger partial charge in [-0.15, -0.1) is 0 Å². The molecule has 1 unspecified atom stereocenters. The van der Waals surface area contributed by atoms with Crippen molar-refractivity contribution >= 4 is 11.6 Å². The number of halogens is 1. The SMILES string of the molecule is NCC1Cc2ncccc2Oc2cc(Cl)ccc21. The van der Waals surface area contributed by atoms with Crippen LogP contribution in [0.15, 0.2) is 36.5 Å². The number of pyridine rings is 1. The van der Waals surface area contributed by atoms with E-state index in [0.29, 0.717) is 11.6 Å². The van der Waals surface area contributed by atoms with Crippen molar-refractivity contribution in [1.29, 1.82) is 0 Å². The van der Waals surface area contributed by atoms with E-state index in [9.17, 15) is 0 Å². The van der Waals surface area contributed by atoms with Crippen molar-refractivity contribution in [3.8, 4) is 11.5 Å². The average molecular weight is 261 g/mol. The Kier molecular flexibility index (Phi) is 2.94. The minimum absolute atomic E-state index is 0.216. The Bertz CT molecular complexity index is 586. The summed E-state index contributed by atoms with van der Waals surface area (Å²) in [5.74, 6) is 1.79. The Balaban J connectivity index is 2.14. The molecule has 0 saturated heterocycles. The molecule has 0 radical (unpaired) electrons. The zero-order valence-electron chi connectivity index (χ0n) is 9.77. The lowest BCUT2D eigenvalue weighted by molar-refractivity contribution is 0.475. The predicted octanol–water partition coefficient (Wildman–Crippen LogP) is 3.13. The first-order chi connectivity index (χ1) is 8.78. The highest BCUT2D eigenvalue weighted by atomic mass is 35.5. The number of fused-ring (bicyclic) bond motifs is 2. The van der Waals surface area contributed by atoms with Crippen LogP contribution in [0.1, 0.15) is 17.2 Å². The van der Waals surface area contributed by atoms with Crippen LogP contribution >= 0.6 is 11.6 Å². The third-order valence-corrected chi connectivity index (χ3v) is 3.44. The van der Waals surface area contributed by atoms with Gasteiger partial charge in [0, 0.05) is 23.6 Å². The topological polar surface area (TPSA) is 48.1 Å². The molecule has 2 aromatic rings. The van der Waals surface area contributed by atoms with Crippen molar-refractivity contribution < 1.29 is 4.74 Å². The fourth-order valence-electron chi connectivity index (χ4n) is 2.28. The van der Waals surface area contributed by atoms with Gasteiger partial charge in [-0.1, -0.05) is 17.7 Å². The molecule has 1 atom stereocenters. The van der Waals surface area contributed by atoms with Gasteiger partial charge < -0.3 is 10.5 Å². The molecule has 0 bridgehead atoms. The number of rotatable bonds is 1. The number of benzene rings is 1. The van der Waals surface area contributed by atoms with Crippen LogP contribution < -0.4 is 10.5 Å². The van der Waals surface area contributed by atoms with Crippen molar-refractivity contribution in [2.45, 2.75) is 12.3 Å². The molecular weight excluding hydrogens is 248 g/mol. The summed E-state index contributed by atoms with van der Waals surface area (Å²) in [6, 6.07) is 9.48. The van der Waals surface area contributed by atoms with Crippen molar-refractivity contribution in [2.75, 3.05) is 6.54 Å². The van der Waals surface area contributed by atoms with E-state index in [-0.39, 0.29) is 5.92 Å².